The molecule has 0 aliphatic carbocycles. The Kier molecular flexibility index (Phi) is 10.9. The van der Waals surface area contributed by atoms with Gasteiger partial charge in [0.05, 0.1) is 24.4 Å². The van der Waals surface area contributed by atoms with Gasteiger partial charge in [0.15, 0.2) is 0 Å². The largest absolute Gasteiger partial charge is 0.416 e. The van der Waals surface area contributed by atoms with E-state index in [1.165, 1.54) is 12.1 Å². The van der Waals surface area contributed by atoms with Gasteiger partial charge in [0.1, 0.15) is 23.5 Å². The Hall–Kier alpha value is -2.87. The Labute approximate surface area is 273 Å². The number of carbonyl (C=O) groups is 1. The van der Waals surface area contributed by atoms with Crippen LogP contribution in [-0.2, 0) is 20.4 Å². The molecule has 4 saturated heterocycles. The van der Waals surface area contributed by atoms with Crippen LogP contribution in [0.1, 0.15) is 96.4 Å². The van der Waals surface area contributed by atoms with Crippen LogP contribution >= 0.6 is 0 Å². The van der Waals surface area contributed by atoms with Crippen LogP contribution in [0.2, 0.25) is 0 Å². The number of hydrogen-bond donors (Lipinski definition) is 2. The number of halogens is 4. The van der Waals surface area contributed by atoms with Crippen LogP contribution in [0.25, 0.3) is 0 Å². The summed E-state index contributed by atoms with van der Waals surface area (Å²) < 4.78 is 70.6. The maximum absolute atomic E-state index is 14.3. The molecule has 1 aromatic carbocycles. The molecule has 4 aliphatic rings. The topological polar surface area (TPSA) is 97.8 Å². The first-order chi connectivity index (χ1) is 22.7. The number of hydrogen-bond acceptors (Lipinski definition) is 8. The summed E-state index contributed by atoms with van der Waals surface area (Å²) in [6, 6.07) is 5.13. The van der Waals surface area contributed by atoms with Gasteiger partial charge < -0.3 is 29.7 Å². The van der Waals surface area contributed by atoms with Crippen LogP contribution < -0.4 is 10.6 Å². The molecule has 0 unspecified atom stereocenters. The van der Waals surface area contributed by atoms with Crippen LogP contribution in [0.15, 0.2) is 24.3 Å². The second-order valence-corrected chi connectivity index (χ2v) is 13.2. The fraction of sp³-hybridized carbons (Fsp3) is 0.676. The van der Waals surface area contributed by atoms with Crippen LogP contribution in [0.3, 0.4) is 0 Å². The zero-order valence-electron chi connectivity index (χ0n) is 26.9. The number of amides is 1. The van der Waals surface area contributed by atoms with Crippen molar-refractivity contribution < 1.29 is 36.6 Å². The van der Waals surface area contributed by atoms with E-state index in [2.05, 4.69) is 10.6 Å². The number of nitrogens with one attached hydrogen (secondary N) is 2. The van der Waals surface area contributed by atoms with Crippen molar-refractivity contribution in [1.29, 1.82) is 0 Å². The predicted octanol–water partition coefficient (Wildman–Crippen LogP) is 5.74. The standard InChI is InChI=1S/C34H45F4N5O4/c1-21-30(33(44)43-14-9-25(10-15-43)40-28-13-18-46-20-27(28)35)41-32(23-11-16-45-17-12-23)42-31(21)39-19-26-3-2-4-29(47-26)22-5-7-24(8-6-22)34(36,37)38/h5-8,23,25-29,40H,2-4,9-20H2,1H3,(H,39,41,42)/t26-,27-,28+,29+/m1/s1. The Morgan fingerprint density at radius 3 is 2.38 bits per heavy atom. The van der Waals surface area contributed by atoms with E-state index in [9.17, 15) is 22.4 Å². The van der Waals surface area contributed by atoms with Crippen molar-refractivity contribution in [2.75, 3.05) is 51.4 Å². The summed E-state index contributed by atoms with van der Waals surface area (Å²) >= 11 is 0. The third-order valence-corrected chi connectivity index (χ3v) is 9.93. The lowest BCUT2D eigenvalue weighted by Crippen LogP contribution is -2.52. The highest BCUT2D eigenvalue weighted by Crippen LogP contribution is 2.35. The molecule has 1 amide bonds. The number of rotatable bonds is 8. The lowest BCUT2D eigenvalue weighted by atomic mass is 9.97. The zero-order chi connectivity index (χ0) is 33.0. The smallest absolute Gasteiger partial charge is 0.381 e. The van der Waals surface area contributed by atoms with Crippen molar-refractivity contribution in [2.24, 2.45) is 0 Å². The summed E-state index contributed by atoms with van der Waals surface area (Å²) in [5.74, 6) is 1.16. The van der Waals surface area contributed by atoms with Crippen molar-refractivity contribution in [3.63, 3.8) is 0 Å². The number of benzene rings is 1. The second-order valence-electron chi connectivity index (χ2n) is 13.2. The van der Waals surface area contributed by atoms with E-state index >= 15 is 0 Å². The third kappa shape index (κ3) is 8.41. The Morgan fingerprint density at radius 1 is 0.957 bits per heavy atom. The van der Waals surface area contributed by atoms with E-state index in [4.69, 9.17) is 24.2 Å². The lowest BCUT2D eigenvalue weighted by molar-refractivity contribution is -0.137. The van der Waals surface area contributed by atoms with Crippen molar-refractivity contribution in [1.82, 2.24) is 20.2 Å². The fourth-order valence-electron chi connectivity index (χ4n) is 7.04. The molecule has 258 valence electrons. The maximum Gasteiger partial charge on any atom is 0.416 e. The fourth-order valence-corrected chi connectivity index (χ4v) is 7.04. The molecule has 2 N–H and O–H groups in total. The first kappa shape index (κ1) is 34.0. The molecule has 6 rings (SSSR count). The molecule has 4 fully saturated rings. The van der Waals surface area contributed by atoms with E-state index < -0.39 is 17.9 Å². The normalized spacial score (nSPS) is 26.7. The minimum atomic E-state index is -4.38. The van der Waals surface area contributed by atoms with Crippen LogP contribution in [-0.4, -0.2) is 91.2 Å². The molecule has 0 spiro atoms. The molecule has 47 heavy (non-hydrogen) atoms. The summed E-state index contributed by atoms with van der Waals surface area (Å²) in [5, 5.41) is 6.89. The van der Waals surface area contributed by atoms with E-state index in [-0.39, 0.29) is 42.7 Å². The number of ether oxygens (including phenoxy) is 3. The molecule has 0 radical (unpaired) electrons. The minimum absolute atomic E-state index is 0.0782. The number of carbonyl (C=O) groups excluding carboxylic acids is 1. The molecule has 1 aromatic heterocycles. The van der Waals surface area contributed by atoms with E-state index in [1.54, 1.807) is 0 Å². The number of anilines is 1. The SMILES string of the molecule is Cc1c(NC[C@H]2CCC[C@@H](c3ccc(C(F)(F)F)cc3)O2)nc(C2CCOCC2)nc1C(=O)N1CCC(N[C@H]2CCOC[C@H]2F)CC1. The Bertz CT molecular complexity index is 1350. The first-order valence-electron chi connectivity index (χ1n) is 17.0. The average Bonchev–Trinajstić information content (AvgIpc) is 3.09. The van der Waals surface area contributed by atoms with Gasteiger partial charge in [-0.25, -0.2) is 14.4 Å². The van der Waals surface area contributed by atoms with Crippen LogP contribution in [0.5, 0.6) is 0 Å². The quantitative estimate of drug-likeness (QED) is 0.346. The number of aromatic nitrogens is 2. The minimum Gasteiger partial charge on any atom is -0.381 e. The molecule has 4 atom stereocenters. The van der Waals surface area contributed by atoms with Crippen molar-refractivity contribution >= 4 is 11.7 Å². The van der Waals surface area contributed by atoms with Gasteiger partial charge in [-0.05, 0) is 76.0 Å². The van der Waals surface area contributed by atoms with Crippen molar-refractivity contribution in [3.8, 4) is 0 Å². The number of piperidine rings is 1. The summed E-state index contributed by atoms with van der Waals surface area (Å²) in [5.41, 5.74) is 1.11. The molecule has 0 saturated carbocycles. The van der Waals surface area contributed by atoms with Gasteiger partial charge in [-0.1, -0.05) is 12.1 Å². The van der Waals surface area contributed by atoms with Gasteiger partial charge in [-0.15, -0.1) is 0 Å². The molecule has 9 nitrogen and oxygen atoms in total. The highest BCUT2D eigenvalue weighted by molar-refractivity contribution is 5.95. The van der Waals surface area contributed by atoms with Gasteiger partial charge in [0.2, 0.25) is 0 Å². The Balaban J connectivity index is 1.12. The highest BCUT2D eigenvalue weighted by Gasteiger charge is 2.33. The number of nitrogens with zero attached hydrogens (tertiary/aromatic N) is 3. The summed E-state index contributed by atoms with van der Waals surface area (Å²) in [6.45, 7) is 5.31. The molecular weight excluding hydrogens is 618 g/mol. The molecule has 2 aromatic rings. The van der Waals surface area contributed by atoms with Gasteiger partial charge in [0.25, 0.3) is 5.91 Å². The van der Waals surface area contributed by atoms with Gasteiger partial charge in [-0.2, -0.15) is 13.2 Å². The first-order valence-corrected chi connectivity index (χ1v) is 17.0. The summed E-state index contributed by atoms with van der Waals surface area (Å²) in [4.78, 5) is 25.5. The van der Waals surface area contributed by atoms with E-state index in [0.717, 1.165) is 62.6 Å². The molecule has 13 heteroatoms. The maximum atomic E-state index is 14.3. The highest BCUT2D eigenvalue weighted by atomic mass is 19.4. The van der Waals surface area contributed by atoms with Crippen molar-refractivity contribution in [3.05, 3.63) is 52.5 Å². The molecule has 5 heterocycles. The molecule has 4 aliphatic heterocycles. The van der Waals surface area contributed by atoms with E-state index in [0.29, 0.717) is 68.8 Å². The monoisotopic (exact) mass is 663 g/mol. The predicted molar refractivity (Wildman–Crippen MR) is 167 cm³/mol. The third-order valence-electron chi connectivity index (χ3n) is 9.93. The molecule has 0 bridgehead atoms. The lowest BCUT2D eigenvalue weighted by Gasteiger charge is -2.36. The van der Waals surface area contributed by atoms with E-state index in [1.807, 2.05) is 11.8 Å². The summed E-state index contributed by atoms with van der Waals surface area (Å²) in [7, 11) is 0. The van der Waals surface area contributed by atoms with Crippen LogP contribution in [0.4, 0.5) is 23.4 Å². The number of alkyl halides is 4. The van der Waals surface area contributed by atoms with Gasteiger partial charge in [-0.3, -0.25) is 4.79 Å². The summed E-state index contributed by atoms with van der Waals surface area (Å²) in [6.07, 6.45) is 0.201. The van der Waals surface area contributed by atoms with Gasteiger partial charge >= 0.3 is 6.18 Å². The number of likely N-dealkylation sites (tertiary alicyclic amines) is 1. The Morgan fingerprint density at radius 2 is 1.68 bits per heavy atom. The average molecular weight is 664 g/mol. The van der Waals surface area contributed by atoms with Crippen LogP contribution in [0, 0.1) is 6.92 Å². The second kappa shape index (κ2) is 15.1. The van der Waals surface area contributed by atoms with Gasteiger partial charge in [0, 0.05) is 63.0 Å². The zero-order valence-corrected chi connectivity index (χ0v) is 26.9. The van der Waals surface area contributed by atoms with Crippen molar-refractivity contribution in [2.45, 2.75) is 101 Å². The molecular formula is C34H45F4N5O4.